The number of carbonyl (C=O) groups is 2. The molecule has 192 valence electrons. The van der Waals surface area contributed by atoms with E-state index in [1.807, 2.05) is 9.80 Å². The third-order valence-electron chi connectivity index (χ3n) is 6.66. The molecule has 0 aliphatic carbocycles. The third kappa shape index (κ3) is 5.89. The Bertz CT molecular complexity index is 919. The third-order valence-corrected chi connectivity index (χ3v) is 6.66. The van der Waals surface area contributed by atoms with Gasteiger partial charge in [0.1, 0.15) is 17.8 Å². The van der Waals surface area contributed by atoms with Gasteiger partial charge in [-0.3, -0.25) is 30.1 Å². The Hall–Kier alpha value is -2.81. The summed E-state index contributed by atoms with van der Waals surface area (Å²) >= 11 is 0. The highest BCUT2D eigenvalue weighted by Crippen LogP contribution is 2.30. The van der Waals surface area contributed by atoms with E-state index >= 15 is 0 Å². The first-order valence-corrected chi connectivity index (χ1v) is 11.8. The molecule has 0 radical (unpaired) electrons. The summed E-state index contributed by atoms with van der Waals surface area (Å²) in [5.41, 5.74) is 6.08. The number of nitrogens with zero attached hydrogens (tertiary/aromatic N) is 5. The number of alkyl halides is 1. The number of rotatable bonds is 8. The van der Waals surface area contributed by atoms with Crippen LogP contribution in [0.15, 0.2) is 17.6 Å². The lowest BCUT2D eigenvalue weighted by atomic mass is 9.99. The zero-order valence-electron chi connectivity index (χ0n) is 19.3. The van der Waals surface area contributed by atoms with Crippen LogP contribution in [0.1, 0.15) is 6.42 Å². The van der Waals surface area contributed by atoms with E-state index in [2.05, 4.69) is 26.1 Å². The van der Waals surface area contributed by atoms with Crippen LogP contribution in [0.5, 0.6) is 0 Å². The van der Waals surface area contributed by atoms with Crippen molar-refractivity contribution >= 4 is 23.2 Å². The van der Waals surface area contributed by atoms with E-state index in [-0.39, 0.29) is 30.4 Å². The van der Waals surface area contributed by atoms with Gasteiger partial charge in [-0.2, -0.15) is 0 Å². The van der Waals surface area contributed by atoms with E-state index in [1.165, 1.54) is 6.20 Å². The zero-order chi connectivity index (χ0) is 24.9. The summed E-state index contributed by atoms with van der Waals surface area (Å²) in [6.07, 6.45) is 0.0849. The van der Waals surface area contributed by atoms with Crippen LogP contribution >= 0.6 is 0 Å². The second-order valence-corrected chi connectivity index (χ2v) is 9.02. The van der Waals surface area contributed by atoms with Crippen molar-refractivity contribution in [2.75, 3.05) is 69.1 Å². The van der Waals surface area contributed by atoms with Crippen LogP contribution in [0.2, 0.25) is 0 Å². The molecule has 2 amide bonds. The number of nitroso groups, excluding NO2 is 1. The number of pyridine rings is 1. The Morgan fingerprint density at radius 1 is 1.17 bits per heavy atom. The second-order valence-electron chi connectivity index (χ2n) is 9.02. The maximum absolute atomic E-state index is 14.9. The molecule has 3 saturated heterocycles. The van der Waals surface area contributed by atoms with Crippen molar-refractivity contribution in [3.8, 4) is 0 Å². The van der Waals surface area contributed by atoms with Crippen molar-refractivity contribution in [2.24, 2.45) is 16.8 Å². The Morgan fingerprint density at radius 3 is 2.46 bits per heavy atom. The number of nitrogens with one attached hydrogen (secondary N) is 3. The minimum absolute atomic E-state index is 0.00959. The zero-order valence-corrected chi connectivity index (χ0v) is 19.3. The van der Waals surface area contributed by atoms with Gasteiger partial charge in [0.05, 0.1) is 30.8 Å². The molecule has 0 bridgehead atoms. The molecule has 35 heavy (non-hydrogen) atoms. The van der Waals surface area contributed by atoms with Gasteiger partial charge in [0.2, 0.25) is 11.8 Å². The molecule has 3 aliphatic heterocycles. The van der Waals surface area contributed by atoms with Gasteiger partial charge in [0.15, 0.2) is 12.0 Å². The van der Waals surface area contributed by atoms with Crippen molar-refractivity contribution in [3.63, 3.8) is 0 Å². The number of piperazine rings is 1. The molecule has 5 N–H and O–H groups in total. The summed E-state index contributed by atoms with van der Waals surface area (Å²) in [6.45, 7) is 3.90. The molecule has 14 heteroatoms. The summed E-state index contributed by atoms with van der Waals surface area (Å²) < 4.78 is 28.4. The van der Waals surface area contributed by atoms with Crippen LogP contribution in [0.25, 0.3) is 0 Å². The molecule has 4 rings (SSSR count). The van der Waals surface area contributed by atoms with Gasteiger partial charge in [-0.15, -0.1) is 4.91 Å². The van der Waals surface area contributed by atoms with E-state index in [9.17, 15) is 23.3 Å². The van der Waals surface area contributed by atoms with E-state index in [0.717, 1.165) is 25.7 Å². The highest BCUT2D eigenvalue weighted by molar-refractivity contribution is 5.96. The lowest BCUT2D eigenvalue weighted by molar-refractivity contribution is -0.135. The topological polar surface area (TPSA) is 148 Å². The fourth-order valence-corrected chi connectivity index (χ4v) is 4.52. The van der Waals surface area contributed by atoms with Gasteiger partial charge in [-0.05, 0) is 6.42 Å². The Morgan fingerprint density at radius 2 is 1.86 bits per heavy atom. The molecule has 0 aromatic carbocycles. The fourth-order valence-electron chi connectivity index (χ4n) is 4.52. The molecule has 12 nitrogen and oxygen atoms in total. The molecule has 2 unspecified atom stereocenters. The Balaban J connectivity index is 1.43. The highest BCUT2D eigenvalue weighted by atomic mass is 19.1. The molecule has 3 fully saturated rings. The molecular weight excluding hydrogens is 464 g/mol. The van der Waals surface area contributed by atoms with Gasteiger partial charge < -0.3 is 20.9 Å². The normalized spacial score (nSPS) is 24.9. The van der Waals surface area contributed by atoms with Crippen LogP contribution in [-0.4, -0.2) is 104 Å². The van der Waals surface area contributed by atoms with Crippen LogP contribution in [0, 0.1) is 16.6 Å². The van der Waals surface area contributed by atoms with Crippen molar-refractivity contribution in [1.82, 2.24) is 25.4 Å². The monoisotopic (exact) mass is 495 g/mol. The van der Waals surface area contributed by atoms with Crippen molar-refractivity contribution in [2.45, 2.75) is 24.9 Å². The fraction of sp³-hybridized carbons (Fsp3) is 0.667. The smallest absolute Gasteiger partial charge is 0.236 e. The predicted octanol–water partition coefficient (Wildman–Crippen LogP) is -0.962. The Labute approximate surface area is 201 Å². The molecule has 3 aliphatic rings. The van der Waals surface area contributed by atoms with Crippen LogP contribution in [0.3, 0.4) is 0 Å². The largest absolute Gasteiger partial charge is 0.365 e. The number of hydrogen-bond acceptors (Lipinski definition) is 10. The molecule has 4 heterocycles. The van der Waals surface area contributed by atoms with Gasteiger partial charge in [-0.1, -0.05) is 5.18 Å². The standard InChI is InChI=1S/C21H31F2N9O3/c22-13-8-26-20(27-9-13)17(19(24)29-35)21(34)28-15-11-25-10-14(23)18(15)32-6-4-30(5-7-32)12-16(33)31-2-1-3-31/h10-11,13,17,19-20,26-27H,1-9,12,24H2,(H,28,34). The van der Waals surface area contributed by atoms with E-state index < -0.39 is 36.1 Å². The molecule has 0 saturated carbocycles. The number of hydrogen-bond donors (Lipinski definition) is 4. The molecule has 2 atom stereocenters. The second kappa shape index (κ2) is 11.3. The van der Waals surface area contributed by atoms with E-state index in [1.54, 1.807) is 4.90 Å². The average Bonchev–Trinajstić information content (AvgIpc) is 2.80. The summed E-state index contributed by atoms with van der Waals surface area (Å²) in [5.74, 6) is -2.35. The lowest BCUT2D eigenvalue weighted by Crippen LogP contribution is -2.62. The number of nitrogens with two attached hydrogens (primary N) is 1. The van der Waals surface area contributed by atoms with Crippen LogP contribution in [-0.2, 0) is 9.59 Å². The van der Waals surface area contributed by atoms with Crippen molar-refractivity contribution in [1.29, 1.82) is 0 Å². The number of carbonyl (C=O) groups excluding carboxylic acids is 2. The first-order chi connectivity index (χ1) is 16.9. The number of amides is 2. The maximum atomic E-state index is 14.9. The van der Waals surface area contributed by atoms with Gasteiger partial charge >= 0.3 is 0 Å². The van der Waals surface area contributed by atoms with Crippen LogP contribution in [0.4, 0.5) is 20.2 Å². The van der Waals surface area contributed by atoms with Crippen molar-refractivity contribution in [3.05, 3.63) is 23.1 Å². The number of likely N-dealkylation sites (tertiary alicyclic amines) is 1. The highest BCUT2D eigenvalue weighted by Gasteiger charge is 2.38. The lowest BCUT2D eigenvalue weighted by Gasteiger charge is -2.38. The number of aromatic nitrogens is 1. The number of halogens is 2. The maximum Gasteiger partial charge on any atom is 0.236 e. The molecule has 1 aromatic rings. The SMILES string of the molecule is NC(N=O)C(C(=O)Nc1cncc(F)c1N1CCN(CC(=O)N2CCC2)CC1)C1NCC(F)CN1. The summed E-state index contributed by atoms with van der Waals surface area (Å²) in [7, 11) is 0. The van der Waals surface area contributed by atoms with Gasteiger partial charge in [0, 0.05) is 52.4 Å². The first-order valence-electron chi connectivity index (χ1n) is 11.8. The quantitative estimate of drug-likeness (QED) is 0.335. The first kappa shape index (κ1) is 25.3. The Kier molecular flexibility index (Phi) is 8.15. The minimum atomic E-state index is -1.41. The molecule has 1 aromatic heterocycles. The van der Waals surface area contributed by atoms with E-state index in [0.29, 0.717) is 32.7 Å². The van der Waals surface area contributed by atoms with Crippen molar-refractivity contribution < 1.29 is 18.4 Å². The minimum Gasteiger partial charge on any atom is -0.365 e. The van der Waals surface area contributed by atoms with Crippen LogP contribution < -0.4 is 26.6 Å². The average molecular weight is 496 g/mol. The molecular formula is C21H31F2N9O3. The van der Waals surface area contributed by atoms with Gasteiger partial charge in [0.25, 0.3) is 0 Å². The van der Waals surface area contributed by atoms with E-state index in [4.69, 9.17) is 5.73 Å². The summed E-state index contributed by atoms with van der Waals surface area (Å²) in [5, 5.41) is 11.1. The molecule has 0 spiro atoms. The number of anilines is 2. The predicted molar refractivity (Wildman–Crippen MR) is 125 cm³/mol. The summed E-state index contributed by atoms with van der Waals surface area (Å²) in [4.78, 5) is 46.0. The van der Waals surface area contributed by atoms with Gasteiger partial charge in [-0.25, -0.2) is 8.78 Å². The summed E-state index contributed by atoms with van der Waals surface area (Å²) in [6, 6.07) is 0.